The van der Waals surface area contributed by atoms with Crippen molar-refractivity contribution in [2.75, 3.05) is 0 Å². The van der Waals surface area contributed by atoms with Gasteiger partial charge in [0.05, 0.1) is 80.8 Å². The van der Waals surface area contributed by atoms with Crippen LogP contribution in [-0.2, 0) is 0 Å². The summed E-state index contributed by atoms with van der Waals surface area (Å²) in [7, 11) is 0. The Morgan fingerprint density at radius 3 is 0.874 bits per heavy atom. The lowest BCUT2D eigenvalue weighted by molar-refractivity contribution is 1.12. The normalized spacial score (nSPS) is 11.8. The first-order chi connectivity index (χ1) is 55.1. The number of fused-ring (bicyclic) bond motifs is 20. The summed E-state index contributed by atoms with van der Waals surface area (Å²) in [6, 6.07) is 129. The smallest absolute Gasteiger partial charge is 0.195 e. The molecule has 24 aromatic rings. The van der Waals surface area contributed by atoms with E-state index in [2.05, 4.69) is 391 Å². The molecule has 522 valence electrons. The summed E-state index contributed by atoms with van der Waals surface area (Å²) < 4.78 is 14.2. The standard InChI is InChI=1S/3C33H21N3S/c1-3-11-22(12-4-1)32-21-34-33(37-32)36-29-18-10-8-16-25(29)27-19-26-24-15-7-9-17-28(24)35(30(26)20-31(27)36)23-13-5-2-6-14-23;1-3-11-22(12-4-1)30-21-34-33(37-30)36-29-18-10-8-16-25(29)27-20-19-26-24-15-7-9-17-28(24)35(31(26)32(27)36)23-13-5-2-6-14-23;1-3-11-22(12-4-1)30-21-34-33(37-30)36-27-18-10-8-16-25(27)32-29(36)20-19-28-31(32)24-15-7-9-17-26(24)35(28)23-13-5-2-6-14-23/h3*1-21H. The quantitative estimate of drug-likeness (QED) is 0.145. The van der Waals surface area contributed by atoms with Crippen LogP contribution in [0, 0.1) is 0 Å². The van der Waals surface area contributed by atoms with Gasteiger partial charge in [0.2, 0.25) is 0 Å². The van der Waals surface area contributed by atoms with Gasteiger partial charge in [-0.3, -0.25) is 13.7 Å². The predicted molar refractivity (Wildman–Crippen MR) is 469 cm³/mol. The Hall–Kier alpha value is -14.0. The number of nitrogens with zero attached hydrogens (tertiary/aromatic N) is 9. The molecular weight excluding hydrogens is 1410 g/mol. The zero-order chi connectivity index (χ0) is 73.0. The first kappa shape index (κ1) is 64.2. The van der Waals surface area contributed by atoms with Crippen LogP contribution >= 0.6 is 34.0 Å². The van der Waals surface area contributed by atoms with Gasteiger partial charge in [-0.1, -0.05) is 301 Å². The van der Waals surface area contributed by atoms with Gasteiger partial charge in [0.15, 0.2) is 15.4 Å². The molecule has 0 aliphatic rings. The molecule has 111 heavy (non-hydrogen) atoms. The number of hydrogen-bond donors (Lipinski definition) is 0. The number of benzene rings is 15. The third-order valence-electron chi connectivity index (χ3n) is 21.7. The second-order valence-electron chi connectivity index (χ2n) is 27.8. The highest BCUT2D eigenvalue weighted by molar-refractivity contribution is 7.18. The molecule has 9 nitrogen and oxygen atoms in total. The van der Waals surface area contributed by atoms with Crippen molar-refractivity contribution in [2.24, 2.45) is 0 Å². The lowest BCUT2D eigenvalue weighted by Gasteiger charge is -2.10. The molecule has 0 saturated heterocycles. The van der Waals surface area contributed by atoms with Crippen molar-refractivity contribution in [1.29, 1.82) is 0 Å². The molecule has 0 atom stereocenters. The van der Waals surface area contributed by atoms with Gasteiger partial charge in [-0.25, -0.2) is 15.0 Å². The number of hydrogen-bond acceptors (Lipinski definition) is 6. The second kappa shape index (κ2) is 26.4. The highest BCUT2D eigenvalue weighted by Gasteiger charge is 2.26. The number of thiazole rings is 3. The lowest BCUT2D eigenvalue weighted by atomic mass is 10.1. The molecule has 0 spiro atoms. The Balaban J connectivity index is 0.000000102. The number of rotatable bonds is 9. The molecule has 0 saturated carbocycles. The summed E-state index contributed by atoms with van der Waals surface area (Å²) >= 11 is 5.19. The molecule has 24 rings (SSSR count). The van der Waals surface area contributed by atoms with E-state index >= 15 is 0 Å². The molecular formula is C99H63N9S3. The summed E-state index contributed by atoms with van der Waals surface area (Å²) in [5, 5.41) is 18.0. The van der Waals surface area contributed by atoms with Crippen LogP contribution in [-0.4, -0.2) is 42.4 Å². The van der Waals surface area contributed by atoms with Crippen LogP contribution in [0.4, 0.5) is 0 Å². The molecule has 12 heteroatoms. The molecule has 0 bridgehead atoms. The van der Waals surface area contributed by atoms with Crippen molar-refractivity contribution in [3.63, 3.8) is 0 Å². The van der Waals surface area contributed by atoms with Crippen molar-refractivity contribution in [2.45, 2.75) is 0 Å². The van der Waals surface area contributed by atoms with Gasteiger partial charge < -0.3 is 13.7 Å². The number of para-hydroxylation sites is 9. The van der Waals surface area contributed by atoms with E-state index in [-0.39, 0.29) is 0 Å². The Kier molecular flexibility index (Phi) is 15.3. The fourth-order valence-corrected chi connectivity index (χ4v) is 19.8. The molecule has 0 aliphatic heterocycles. The zero-order valence-electron chi connectivity index (χ0n) is 59.6. The topological polar surface area (TPSA) is 68.2 Å². The first-order valence-corrected chi connectivity index (χ1v) is 39.7. The largest absolute Gasteiger partial charge is 0.309 e. The van der Waals surface area contributed by atoms with Crippen molar-refractivity contribution >= 4 is 165 Å². The minimum Gasteiger partial charge on any atom is -0.309 e. The van der Waals surface area contributed by atoms with E-state index < -0.39 is 0 Å². The summed E-state index contributed by atoms with van der Waals surface area (Å²) in [4.78, 5) is 18.3. The van der Waals surface area contributed by atoms with Crippen molar-refractivity contribution in [1.82, 2.24) is 42.4 Å². The Bertz CT molecular complexity index is 7690. The Labute approximate surface area is 648 Å². The zero-order valence-corrected chi connectivity index (χ0v) is 62.1. The fourth-order valence-electron chi connectivity index (χ4n) is 16.9. The molecule has 9 heterocycles. The van der Waals surface area contributed by atoms with Gasteiger partial charge in [0, 0.05) is 100 Å². The van der Waals surface area contributed by atoms with E-state index in [1.807, 2.05) is 18.6 Å². The van der Waals surface area contributed by atoms with Gasteiger partial charge in [-0.2, -0.15) is 0 Å². The average Bonchev–Trinajstić information content (AvgIpc) is 1.55. The summed E-state index contributed by atoms with van der Waals surface area (Å²) in [6.45, 7) is 0. The third kappa shape index (κ3) is 10.4. The lowest BCUT2D eigenvalue weighted by Crippen LogP contribution is -1.98. The predicted octanol–water partition coefficient (Wildman–Crippen LogP) is 27.0. The minimum atomic E-state index is 0.974. The Morgan fingerprint density at radius 1 is 0.180 bits per heavy atom. The molecule has 0 aliphatic carbocycles. The monoisotopic (exact) mass is 1470 g/mol. The van der Waals surface area contributed by atoms with Crippen LogP contribution < -0.4 is 0 Å². The molecule has 0 N–H and O–H groups in total. The maximum Gasteiger partial charge on any atom is 0.195 e. The maximum atomic E-state index is 4.97. The highest BCUT2D eigenvalue weighted by atomic mass is 32.1. The van der Waals surface area contributed by atoms with Gasteiger partial charge in [-0.05, 0) is 114 Å². The number of aromatic nitrogens is 9. The molecule has 0 fully saturated rings. The van der Waals surface area contributed by atoms with Crippen molar-refractivity contribution in [3.8, 4) is 63.8 Å². The summed E-state index contributed by atoms with van der Waals surface area (Å²) in [6.07, 6.45) is 5.99. The van der Waals surface area contributed by atoms with Crippen LogP contribution in [0.2, 0.25) is 0 Å². The van der Waals surface area contributed by atoms with Crippen LogP contribution in [0.25, 0.3) is 195 Å². The summed E-state index contributed by atoms with van der Waals surface area (Å²) in [5.41, 5.74) is 21.4. The van der Waals surface area contributed by atoms with Crippen molar-refractivity contribution < 1.29 is 0 Å². The van der Waals surface area contributed by atoms with E-state index in [1.165, 1.54) is 163 Å². The van der Waals surface area contributed by atoms with Gasteiger partial charge in [0.25, 0.3) is 0 Å². The molecule has 15 aromatic carbocycles. The van der Waals surface area contributed by atoms with E-state index in [1.54, 1.807) is 34.0 Å². The van der Waals surface area contributed by atoms with E-state index in [9.17, 15) is 0 Å². The van der Waals surface area contributed by atoms with Crippen molar-refractivity contribution in [3.05, 3.63) is 383 Å². The van der Waals surface area contributed by atoms with Crippen LogP contribution in [0.1, 0.15) is 0 Å². The van der Waals surface area contributed by atoms with E-state index in [0.29, 0.717) is 0 Å². The van der Waals surface area contributed by atoms with Gasteiger partial charge in [0.1, 0.15) is 0 Å². The van der Waals surface area contributed by atoms with E-state index in [4.69, 9.17) is 15.0 Å². The Morgan fingerprint density at radius 2 is 0.450 bits per heavy atom. The fraction of sp³-hybridized carbons (Fsp3) is 0. The average molecular weight is 1470 g/mol. The van der Waals surface area contributed by atoms with Crippen LogP contribution in [0.3, 0.4) is 0 Å². The SMILES string of the molecule is c1ccc(-c2cnc(-n3c4ccccc4c4c5c6ccccc6n(-c6ccccc6)c5ccc43)s2)cc1.c1ccc(-c2cnc(-n3c4ccccc4c4cc5c6ccccc6n(-c6ccccc6)c5cc43)s2)cc1.c1ccc(-c2cnc(-n3c4ccccc4c4ccc5c6ccccc6n(-c6ccccc6)c5c43)s2)cc1. The molecule has 0 amide bonds. The summed E-state index contributed by atoms with van der Waals surface area (Å²) in [5.74, 6) is 0. The third-order valence-corrected chi connectivity index (χ3v) is 24.8. The van der Waals surface area contributed by atoms with Gasteiger partial charge >= 0.3 is 0 Å². The van der Waals surface area contributed by atoms with E-state index in [0.717, 1.165) is 31.6 Å². The molecule has 0 unspecified atom stereocenters. The van der Waals surface area contributed by atoms with Gasteiger partial charge in [-0.15, -0.1) is 0 Å². The van der Waals surface area contributed by atoms with Crippen LogP contribution in [0.5, 0.6) is 0 Å². The first-order valence-electron chi connectivity index (χ1n) is 37.2. The van der Waals surface area contributed by atoms with Crippen LogP contribution in [0.15, 0.2) is 383 Å². The molecule has 0 radical (unpaired) electrons. The minimum absolute atomic E-state index is 0.974. The second-order valence-corrected chi connectivity index (χ2v) is 30.9. The maximum absolute atomic E-state index is 4.97. The molecule has 9 aromatic heterocycles. The highest BCUT2D eigenvalue weighted by Crippen LogP contribution is 2.47.